The minimum absolute atomic E-state index is 0.0285. The summed E-state index contributed by atoms with van der Waals surface area (Å²) in [7, 11) is 0. The molecule has 0 bridgehead atoms. The summed E-state index contributed by atoms with van der Waals surface area (Å²) in [5.41, 5.74) is -1.66. The number of rotatable bonds is 7. The summed E-state index contributed by atoms with van der Waals surface area (Å²) in [6, 6.07) is 3.97. The van der Waals surface area contributed by atoms with Crippen molar-refractivity contribution in [1.82, 2.24) is 19.6 Å². The van der Waals surface area contributed by atoms with Gasteiger partial charge >= 0.3 is 6.61 Å². The van der Waals surface area contributed by atoms with Gasteiger partial charge in [0.1, 0.15) is 23.6 Å². The van der Waals surface area contributed by atoms with Crippen LogP contribution in [0.1, 0.15) is 37.6 Å². The third kappa shape index (κ3) is 4.67. The SMILES string of the molecule is CC(C)(O)[C@H](Nc1cc(C(F)F)nc2ncnn12)c1ccc(OC(F)F)cc1Cl. The first-order valence-electron chi connectivity index (χ1n) is 8.28. The number of ether oxygens (including phenoxy) is 1. The smallest absolute Gasteiger partial charge is 0.387 e. The minimum Gasteiger partial charge on any atom is -0.435 e. The molecule has 2 aromatic heterocycles. The Kier molecular flexibility index (Phi) is 5.80. The molecule has 2 heterocycles. The molecule has 0 spiro atoms. The molecular formula is C17H16ClF4N5O2. The van der Waals surface area contributed by atoms with Crippen LogP contribution < -0.4 is 10.1 Å². The van der Waals surface area contributed by atoms with Crippen molar-refractivity contribution < 1.29 is 27.4 Å². The van der Waals surface area contributed by atoms with Crippen molar-refractivity contribution in [1.29, 1.82) is 0 Å². The second-order valence-electron chi connectivity index (χ2n) is 6.63. The van der Waals surface area contributed by atoms with E-state index in [4.69, 9.17) is 11.6 Å². The van der Waals surface area contributed by atoms with E-state index in [0.717, 1.165) is 12.4 Å². The quantitative estimate of drug-likeness (QED) is 0.542. The highest BCUT2D eigenvalue weighted by Crippen LogP contribution is 2.36. The number of nitrogens with one attached hydrogen (secondary N) is 1. The zero-order valence-corrected chi connectivity index (χ0v) is 15.9. The molecule has 3 aromatic rings. The van der Waals surface area contributed by atoms with Crippen molar-refractivity contribution in [3.8, 4) is 5.75 Å². The molecule has 0 saturated carbocycles. The van der Waals surface area contributed by atoms with Crippen LogP contribution in [0.5, 0.6) is 5.75 Å². The molecule has 0 unspecified atom stereocenters. The summed E-state index contributed by atoms with van der Waals surface area (Å²) in [5.74, 6) is -0.142. The Bertz CT molecular complexity index is 1010. The maximum Gasteiger partial charge on any atom is 0.387 e. The largest absolute Gasteiger partial charge is 0.435 e. The fraction of sp³-hybridized carbons (Fsp3) is 0.353. The molecule has 0 aliphatic rings. The summed E-state index contributed by atoms with van der Waals surface area (Å²) in [6.45, 7) is -0.0818. The third-order valence-electron chi connectivity index (χ3n) is 4.00. The van der Waals surface area contributed by atoms with Gasteiger partial charge < -0.3 is 15.2 Å². The highest BCUT2D eigenvalue weighted by molar-refractivity contribution is 6.31. The number of benzene rings is 1. The van der Waals surface area contributed by atoms with E-state index in [-0.39, 0.29) is 22.4 Å². The standard InChI is InChI=1S/C17H16ClF4N5O2/c1-17(2,28)13(9-4-3-8(5-10(9)18)29-15(21)22)26-12-6-11(14(19)20)25-16-23-7-24-27(12)16/h3-7,13-15,26,28H,1-2H3/t13-/m1/s1. The van der Waals surface area contributed by atoms with Gasteiger partial charge in [0.25, 0.3) is 12.2 Å². The zero-order valence-electron chi connectivity index (χ0n) is 15.2. The van der Waals surface area contributed by atoms with Crippen molar-refractivity contribution in [2.24, 2.45) is 0 Å². The van der Waals surface area contributed by atoms with Gasteiger partial charge in [-0.3, -0.25) is 0 Å². The summed E-state index contributed by atoms with van der Waals surface area (Å²) in [4.78, 5) is 7.53. The summed E-state index contributed by atoms with van der Waals surface area (Å²) in [5, 5.41) is 17.5. The van der Waals surface area contributed by atoms with Crippen LogP contribution in [-0.2, 0) is 0 Å². The molecule has 3 rings (SSSR count). The first kappa shape index (κ1) is 21.1. The molecular weight excluding hydrogens is 418 g/mol. The van der Waals surface area contributed by atoms with Crippen molar-refractivity contribution >= 4 is 23.2 Å². The molecule has 1 aromatic carbocycles. The van der Waals surface area contributed by atoms with Gasteiger partial charge in [0.2, 0.25) is 0 Å². The van der Waals surface area contributed by atoms with Crippen LogP contribution in [0.15, 0.2) is 30.6 Å². The molecule has 7 nitrogen and oxygen atoms in total. The van der Waals surface area contributed by atoms with E-state index in [0.29, 0.717) is 5.56 Å². The van der Waals surface area contributed by atoms with Crippen LogP contribution in [0.4, 0.5) is 23.4 Å². The second kappa shape index (κ2) is 7.99. The molecule has 1 atom stereocenters. The maximum atomic E-state index is 13.2. The molecule has 29 heavy (non-hydrogen) atoms. The highest BCUT2D eigenvalue weighted by Gasteiger charge is 2.31. The van der Waals surface area contributed by atoms with Crippen LogP contribution >= 0.6 is 11.6 Å². The number of alkyl halides is 4. The first-order valence-corrected chi connectivity index (χ1v) is 8.66. The molecule has 12 heteroatoms. The fourth-order valence-electron chi connectivity index (χ4n) is 2.75. The molecule has 0 aliphatic carbocycles. The molecule has 0 amide bonds. The number of fused-ring (bicyclic) bond motifs is 1. The van der Waals surface area contributed by atoms with E-state index in [2.05, 4.69) is 25.1 Å². The normalized spacial score (nSPS) is 13.3. The van der Waals surface area contributed by atoms with E-state index in [9.17, 15) is 22.7 Å². The average Bonchev–Trinajstić information content (AvgIpc) is 3.07. The van der Waals surface area contributed by atoms with Crippen LogP contribution in [0.2, 0.25) is 5.02 Å². The molecule has 156 valence electrons. The monoisotopic (exact) mass is 433 g/mol. The number of aliphatic hydroxyl groups is 1. The maximum absolute atomic E-state index is 13.2. The highest BCUT2D eigenvalue weighted by atomic mass is 35.5. The summed E-state index contributed by atoms with van der Waals surface area (Å²) < 4.78 is 56.7. The zero-order chi connectivity index (χ0) is 21.3. The van der Waals surface area contributed by atoms with Gasteiger partial charge in [-0.1, -0.05) is 17.7 Å². The molecule has 2 N–H and O–H groups in total. The molecule has 0 radical (unpaired) electrons. The number of hydrogen-bond acceptors (Lipinski definition) is 6. The van der Waals surface area contributed by atoms with Crippen molar-refractivity contribution in [3.63, 3.8) is 0 Å². The predicted molar refractivity (Wildman–Crippen MR) is 96.5 cm³/mol. The first-order chi connectivity index (χ1) is 13.6. The predicted octanol–water partition coefficient (Wildman–Crippen LogP) is 4.24. The van der Waals surface area contributed by atoms with Crippen molar-refractivity contribution in [2.75, 3.05) is 5.32 Å². The number of nitrogens with zero attached hydrogens (tertiary/aromatic N) is 4. The van der Waals surface area contributed by atoms with E-state index in [1.807, 2.05) is 0 Å². The van der Waals surface area contributed by atoms with Crippen LogP contribution in [0.25, 0.3) is 5.78 Å². The Morgan fingerprint density at radius 3 is 2.52 bits per heavy atom. The lowest BCUT2D eigenvalue weighted by atomic mass is 9.91. The topological polar surface area (TPSA) is 84.6 Å². The summed E-state index contributed by atoms with van der Waals surface area (Å²) in [6.07, 6.45) is -1.71. The Labute approximate surface area is 167 Å². The number of hydrogen-bond donors (Lipinski definition) is 2. The van der Waals surface area contributed by atoms with Crippen molar-refractivity contribution in [3.05, 3.63) is 46.9 Å². The Hall–Kier alpha value is -2.66. The molecule has 0 saturated heterocycles. The van der Waals surface area contributed by atoms with E-state index in [1.54, 1.807) is 0 Å². The lowest BCUT2D eigenvalue weighted by Gasteiger charge is -2.32. The van der Waals surface area contributed by atoms with Gasteiger partial charge in [0.15, 0.2) is 0 Å². The van der Waals surface area contributed by atoms with Crippen LogP contribution in [0, 0.1) is 0 Å². The number of aromatic nitrogens is 4. The van der Waals surface area contributed by atoms with E-state index < -0.39 is 30.4 Å². The van der Waals surface area contributed by atoms with Gasteiger partial charge in [-0.25, -0.2) is 13.8 Å². The third-order valence-corrected chi connectivity index (χ3v) is 4.33. The summed E-state index contributed by atoms with van der Waals surface area (Å²) >= 11 is 6.22. The fourth-order valence-corrected chi connectivity index (χ4v) is 3.03. The van der Waals surface area contributed by atoms with E-state index >= 15 is 0 Å². The lowest BCUT2D eigenvalue weighted by molar-refractivity contribution is -0.0498. The Morgan fingerprint density at radius 1 is 1.21 bits per heavy atom. The van der Waals surface area contributed by atoms with Crippen molar-refractivity contribution in [2.45, 2.75) is 38.5 Å². The van der Waals surface area contributed by atoms with Crippen LogP contribution in [-0.4, -0.2) is 36.9 Å². The molecule has 0 aliphatic heterocycles. The van der Waals surface area contributed by atoms with Gasteiger partial charge in [-0.2, -0.15) is 23.4 Å². The van der Waals surface area contributed by atoms with Gasteiger partial charge in [0.05, 0.1) is 11.6 Å². The minimum atomic E-state index is -3.02. The Morgan fingerprint density at radius 2 is 1.93 bits per heavy atom. The lowest BCUT2D eigenvalue weighted by Crippen LogP contribution is -2.35. The van der Waals surface area contributed by atoms with Gasteiger partial charge in [0, 0.05) is 11.1 Å². The molecule has 0 fully saturated rings. The van der Waals surface area contributed by atoms with E-state index in [1.165, 1.54) is 36.6 Å². The number of halogens is 5. The second-order valence-corrected chi connectivity index (χ2v) is 7.04. The number of anilines is 1. The van der Waals surface area contributed by atoms with Crippen LogP contribution in [0.3, 0.4) is 0 Å². The van der Waals surface area contributed by atoms with Gasteiger partial charge in [-0.05, 0) is 31.5 Å². The average molecular weight is 434 g/mol. The van der Waals surface area contributed by atoms with Gasteiger partial charge in [-0.15, -0.1) is 0 Å². The Balaban J connectivity index is 2.04.